The van der Waals surface area contributed by atoms with Crippen molar-refractivity contribution in [3.8, 4) is 11.5 Å². The van der Waals surface area contributed by atoms with Gasteiger partial charge >= 0.3 is 0 Å². The van der Waals surface area contributed by atoms with E-state index in [0.29, 0.717) is 36.8 Å². The number of benzene rings is 2. The summed E-state index contributed by atoms with van der Waals surface area (Å²) >= 11 is 0. The monoisotopic (exact) mass is 394 g/mol. The van der Waals surface area contributed by atoms with Gasteiger partial charge in [-0.25, -0.2) is 4.39 Å². The summed E-state index contributed by atoms with van der Waals surface area (Å²) in [5.74, 6) is 0.563. The zero-order chi connectivity index (χ0) is 20.6. The van der Waals surface area contributed by atoms with Gasteiger partial charge in [0.15, 0.2) is 11.5 Å². The number of aromatic nitrogens is 1. The molecule has 29 heavy (non-hydrogen) atoms. The van der Waals surface area contributed by atoms with Crippen LogP contribution in [0, 0.1) is 5.82 Å². The Kier molecular flexibility index (Phi) is 6.79. The highest BCUT2D eigenvalue weighted by Gasteiger charge is 2.16. The Morgan fingerprint density at radius 3 is 2.52 bits per heavy atom. The predicted octanol–water partition coefficient (Wildman–Crippen LogP) is 4.47. The van der Waals surface area contributed by atoms with Crippen molar-refractivity contribution in [2.24, 2.45) is 0 Å². The second-order valence-electron chi connectivity index (χ2n) is 6.53. The predicted molar refractivity (Wildman–Crippen MR) is 108 cm³/mol. The molecule has 2 aromatic carbocycles. The number of hydrogen-bond acceptors (Lipinski definition) is 4. The maximum Gasteiger partial charge on any atom is 0.254 e. The number of rotatable bonds is 8. The fourth-order valence-corrected chi connectivity index (χ4v) is 2.87. The molecule has 0 unspecified atom stereocenters. The molecular weight excluding hydrogens is 371 g/mol. The van der Waals surface area contributed by atoms with Gasteiger partial charge in [-0.15, -0.1) is 0 Å². The molecule has 3 rings (SSSR count). The largest absolute Gasteiger partial charge is 0.490 e. The van der Waals surface area contributed by atoms with E-state index in [-0.39, 0.29) is 11.7 Å². The van der Waals surface area contributed by atoms with Crippen LogP contribution < -0.4 is 9.47 Å². The third-order valence-electron chi connectivity index (χ3n) is 4.29. The van der Waals surface area contributed by atoms with Crippen molar-refractivity contribution in [1.82, 2.24) is 9.88 Å². The fourth-order valence-electron chi connectivity index (χ4n) is 2.87. The van der Waals surface area contributed by atoms with Crippen LogP contribution in [0.3, 0.4) is 0 Å². The van der Waals surface area contributed by atoms with Crippen LogP contribution >= 0.6 is 0 Å². The van der Waals surface area contributed by atoms with Crippen molar-refractivity contribution in [3.63, 3.8) is 0 Å². The van der Waals surface area contributed by atoms with Gasteiger partial charge in [0, 0.05) is 31.5 Å². The Labute approximate surface area is 169 Å². The molecule has 0 atom stereocenters. The van der Waals surface area contributed by atoms with Crippen LogP contribution in [0.15, 0.2) is 67.0 Å². The van der Waals surface area contributed by atoms with Gasteiger partial charge in [-0.2, -0.15) is 0 Å². The number of pyridine rings is 1. The Balaban J connectivity index is 1.73. The maximum atomic E-state index is 13.4. The molecule has 0 fully saturated rings. The Morgan fingerprint density at radius 1 is 1.00 bits per heavy atom. The number of hydrogen-bond donors (Lipinski definition) is 0. The normalized spacial score (nSPS) is 10.4. The van der Waals surface area contributed by atoms with Crippen molar-refractivity contribution in [3.05, 3.63) is 89.5 Å². The van der Waals surface area contributed by atoms with Crippen LogP contribution in [0.2, 0.25) is 0 Å². The molecule has 0 aliphatic heterocycles. The first-order valence-electron chi connectivity index (χ1n) is 9.35. The summed E-state index contributed by atoms with van der Waals surface area (Å²) in [6.45, 7) is 3.00. The first kappa shape index (κ1) is 20.3. The van der Waals surface area contributed by atoms with Gasteiger partial charge in [-0.1, -0.05) is 12.1 Å². The smallest absolute Gasteiger partial charge is 0.254 e. The molecule has 1 aromatic heterocycles. The standard InChI is InChI=1S/C23H23FN2O3/c1-3-28-22-14-19(7-8-21(22)29-16-17-9-11-25-12-10-17)23(27)26(2)15-18-5-4-6-20(24)13-18/h4-14H,3,15-16H2,1-2H3. The molecule has 6 heteroatoms. The molecule has 0 spiro atoms. The molecule has 0 aliphatic rings. The van der Waals surface area contributed by atoms with E-state index in [1.807, 2.05) is 19.1 Å². The highest BCUT2D eigenvalue weighted by Crippen LogP contribution is 2.30. The average Bonchev–Trinajstić information content (AvgIpc) is 2.73. The van der Waals surface area contributed by atoms with Crippen molar-refractivity contribution in [1.29, 1.82) is 0 Å². The molecule has 5 nitrogen and oxygen atoms in total. The number of amides is 1. The zero-order valence-corrected chi connectivity index (χ0v) is 16.5. The summed E-state index contributed by atoms with van der Waals surface area (Å²) in [5.41, 5.74) is 2.18. The summed E-state index contributed by atoms with van der Waals surface area (Å²) in [6.07, 6.45) is 3.41. The van der Waals surface area contributed by atoms with Crippen LogP contribution in [-0.4, -0.2) is 29.4 Å². The van der Waals surface area contributed by atoms with Gasteiger partial charge in [0.05, 0.1) is 6.61 Å². The lowest BCUT2D eigenvalue weighted by atomic mass is 10.1. The summed E-state index contributed by atoms with van der Waals surface area (Å²) in [7, 11) is 1.68. The minimum absolute atomic E-state index is 0.184. The highest BCUT2D eigenvalue weighted by atomic mass is 19.1. The van der Waals surface area contributed by atoms with Crippen LogP contribution in [0.5, 0.6) is 11.5 Å². The van der Waals surface area contributed by atoms with Gasteiger partial charge < -0.3 is 14.4 Å². The summed E-state index contributed by atoms with van der Waals surface area (Å²) in [6, 6.07) is 15.1. The van der Waals surface area contributed by atoms with Crippen molar-refractivity contribution < 1.29 is 18.7 Å². The van der Waals surface area contributed by atoms with Gasteiger partial charge in [-0.05, 0) is 60.5 Å². The van der Waals surface area contributed by atoms with E-state index < -0.39 is 0 Å². The van der Waals surface area contributed by atoms with Gasteiger partial charge in [0.2, 0.25) is 0 Å². The van der Waals surface area contributed by atoms with Gasteiger partial charge in [-0.3, -0.25) is 9.78 Å². The quantitative estimate of drug-likeness (QED) is 0.566. The Morgan fingerprint density at radius 2 is 1.79 bits per heavy atom. The van der Waals surface area contributed by atoms with Crippen molar-refractivity contribution >= 4 is 5.91 Å². The Bertz CT molecular complexity index is 963. The number of halogens is 1. The van der Waals surface area contributed by atoms with Crippen LogP contribution in [0.1, 0.15) is 28.4 Å². The second-order valence-corrected chi connectivity index (χ2v) is 6.53. The third-order valence-corrected chi connectivity index (χ3v) is 4.29. The molecule has 0 aliphatic carbocycles. The number of nitrogens with zero attached hydrogens (tertiary/aromatic N) is 2. The van der Waals surface area contributed by atoms with E-state index in [2.05, 4.69) is 4.98 Å². The first-order chi connectivity index (χ1) is 14.1. The summed E-state index contributed by atoms with van der Waals surface area (Å²) in [4.78, 5) is 18.3. The van der Waals surface area contributed by atoms with E-state index >= 15 is 0 Å². The van der Waals surface area contributed by atoms with Crippen LogP contribution in [-0.2, 0) is 13.2 Å². The maximum absolute atomic E-state index is 13.4. The molecule has 0 saturated heterocycles. The number of carbonyl (C=O) groups is 1. The number of ether oxygens (including phenoxy) is 2. The number of carbonyl (C=O) groups excluding carboxylic acids is 1. The average molecular weight is 394 g/mol. The molecule has 0 N–H and O–H groups in total. The van der Waals surface area contributed by atoms with E-state index in [1.165, 1.54) is 17.0 Å². The molecule has 0 saturated carbocycles. The Hall–Kier alpha value is -3.41. The van der Waals surface area contributed by atoms with E-state index in [0.717, 1.165) is 11.1 Å². The molecule has 1 heterocycles. The van der Waals surface area contributed by atoms with Gasteiger partial charge in [0.25, 0.3) is 5.91 Å². The second kappa shape index (κ2) is 9.68. The topological polar surface area (TPSA) is 51.7 Å². The SMILES string of the molecule is CCOc1cc(C(=O)N(C)Cc2cccc(F)c2)ccc1OCc1ccncc1. The molecular formula is C23H23FN2O3. The molecule has 1 amide bonds. The highest BCUT2D eigenvalue weighted by molar-refractivity contribution is 5.94. The first-order valence-corrected chi connectivity index (χ1v) is 9.35. The lowest BCUT2D eigenvalue weighted by Crippen LogP contribution is -2.26. The van der Waals surface area contributed by atoms with E-state index in [1.54, 1.807) is 49.8 Å². The van der Waals surface area contributed by atoms with Gasteiger partial charge in [0.1, 0.15) is 12.4 Å². The van der Waals surface area contributed by atoms with E-state index in [9.17, 15) is 9.18 Å². The van der Waals surface area contributed by atoms with Crippen LogP contribution in [0.25, 0.3) is 0 Å². The van der Waals surface area contributed by atoms with Crippen LogP contribution in [0.4, 0.5) is 4.39 Å². The molecule has 3 aromatic rings. The third kappa shape index (κ3) is 5.54. The minimum atomic E-state index is -0.322. The van der Waals surface area contributed by atoms with Crippen molar-refractivity contribution in [2.45, 2.75) is 20.1 Å². The summed E-state index contributed by atoms with van der Waals surface area (Å²) in [5, 5.41) is 0. The minimum Gasteiger partial charge on any atom is -0.490 e. The van der Waals surface area contributed by atoms with Crippen molar-refractivity contribution in [2.75, 3.05) is 13.7 Å². The fraction of sp³-hybridized carbons (Fsp3) is 0.217. The molecule has 0 radical (unpaired) electrons. The molecule has 150 valence electrons. The lowest BCUT2D eigenvalue weighted by molar-refractivity contribution is 0.0784. The van der Waals surface area contributed by atoms with E-state index in [4.69, 9.17) is 9.47 Å². The molecule has 0 bridgehead atoms. The lowest BCUT2D eigenvalue weighted by Gasteiger charge is -2.19. The zero-order valence-electron chi connectivity index (χ0n) is 16.5. The summed E-state index contributed by atoms with van der Waals surface area (Å²) < 4.78 is 24.9.